The SMILES string of the molecule is CCC(=O)O[C@@H]1CC[C@]2(C)C(=CC[C@@H]3[C@H]4CC=C(C5=C(c6cccnc6)[C@@]6(C)CC[C@H]7[C@@H](CC=C8C[C@@H](OC(=O)CC)CC[C@@]87C)[C@@H]6C5)[C@]4(C)CC[C@H]32)C1. The molecule has 8 aliphatic rings. The molecule has 8 aliphatic carbocycles. The standard InChI is InChI=1S/C49H65NO4/c1-7-43(51)53-33-17-21-46(3)31(26-33)11-13-35-38-15-16-39(48(38,5)23-19-40(35)46)37-28-42-36-14-12-32-27-34(54-44(52)8-2)18-22-47(32,4)41(36)20-24-49(42,6)45(37)30-10-9-25-50-29-30/h9-12,16,25,29,33-36,38,40-42H,7-8,13-15,17-24,26-28H2,1-6H3/t33-,34+,35-,36-,38-,40-,41+,42+,46-,47+,48-,49+/m1/s1. The molecule has 9 rings (SSSR count). The van der Waals surface area contributed by atoms with E-state index in [0.29, 0.717) is 48.3 Å². The second kappa shape index (κ2) is 13.3. The number of rotatable bonds is 6. The van der Waals surface area contributed by atoms with Crippen LogP contribution in [0, 0.1) is 57.2 Å². The lowest BCUT2D eigenvalue weighted by molar-refractivity contribution is -0.151. The van der Waals surface area contributed by atoms with Gasteiger partial charge in [-0.2, -0.15) is 0 Å². The summed E-state index contributed by atoms with van der Waals surface area (Å²) in [6.07, 6.45) is 29.0. The first-order valence-electron chi connectivity index (χ1n) is 22.1. The van der Waals surface area contributed by atoms with Crippen LogP contribution in [0.25, 0.3) is 5.57 Å². The van der Waals surface area contributed by atoms with E-state index in [1.165, 1.54) is 50.5 Å². The summed E-state index contributed by atoms with van der Waals surface area (Å²) < 4.78 is 11.8. The van der Waals surface area contributed by atoms with E-state index >= 15 is 0 Å². The van der Waals surface area contributed by atoms with Gasteiger partial charge in [0.1, 0.15) is 12.2 Å². The van der Waals surface area contributed by atoms with Crippen LogP contribution >= 0.6 is 0 Å². The molecule has 0 aromatic carbocycles. The molecule has 4 saturated carbocycles. The van der Waals surface area contributed by atoms with Gasteiger partial charge in [0.15, 0.2) is 0 Å². The molecule has 1 heterocycles. The Bertz CT molecular complexity index is 1820. The topological polar surface area (TPSA) is 65.5 Å². The summed E-state index contributed by atoms with van der Waals surface area (Å²) in [7, 11) is 0. The number of ether oxygens (including phenoxy) is 2. The summed E-state index contributed by atoms with van der Waals surface area (Å²) in [4.78, 5) is 29.1. The summed E-state index contributed by atoms with van der Waals surface area (Å²) >= 11 is 0. The second-order valence-electron chi connectivity index (χ2n) is 20.0. The molecule has 12 atom stereocenters. The number of carbonyl (C=O) groups is 2. The molecule has 290 valence electrons. The Labute approximate surface area is 324 Å². The van der Waals surface area contributed by atoms with Gasteiger partial charge in [0.25, 0.3) is 0 Å². The molecule has 0 spiro atoms. The predicted octanol–water partition coefficient (Wildman–Crippen LogP) is 11.6. The van der Waals surface area contributed by atoms with E-state index in [0.717, 1.165) is 44.9 Å². The average molecular weight is 732 g/mol. The van der Waals surface area contributed by atoms with Crippen molar-refractivity contribution in [2.45, 2.75) is 156 Å². The van der Waals surface area contributed by atoms with Crippen LogP contribution in [0.4, 0.5) is 0 Å². The zero-order valence-electron chi connectivity index (χ0n) is 34.1. The molecule has 0 saturated heterocycles. The first kappa shape index (κ1) is 36.7. The van der Waals surface area contributed by atoms with Crippen LogP contribution in [0.2, 0.25) is 0 Å². The van der Waals surface area contributed by atoms with E-state index < -0.39 is 0 Å². The molecule has 5 heteroatoms. The van der Waals surface area contributed by atoms with E-state index in [2.05, 4.69) is 64.3 Å². The first-order valence-corrected chi connectivity index (χ1v) is 22.1. The number of fused-ring (bicyclic) bond motifs is 10. The van der Waals surface area contributed by atoms with Crippen molar-refractivity contribution < 1.29 is 19.1 Å². The van der Waals surface area contributed by atoms with Crippen LogP contribution in [0.1, 0.15) is 150 Å². The Morgan fingerprint density at radius 3 is 1.78 bits per heavy atom. The number of pyridine rings is 1. The highest BCUT2D eigenvalue weighted by molar-refractivity contribution is 5.80. The van der Waals surface area contributed by atoms with Crippen LogP contribution < -0.4 is 0 Å². The van der Waals surface area contributed by atoms with Crippen molar-refractivity contribution in [3.63, 3.8) is 0 Å². The third-order valence-corrected chi connectivity index (χ3v) is 17.8. The fourth-order valence-electron chi connectivity index (χ4n) is 15.0. The van der Waals surface area contributed by atoms with Crippen LogP contribution in [0.5, 0.6) is 0 Å². The van der Waals surface area contributed by atoms with Crippen LogP contribution in [-0.4, -0.2) is 29.1 Å². The van der Waals surface area contributed by atoms with Gasteiger partial charge in [-0.05, 0) is 163 Å². The number of aromatic nitrogens is 1. The number of esters is 2. The van der Waals surface area contributed by atoms with Gasteiger partial charge in [-0.25, -0.2) is 0 Å². The molecule has 0 amide bonds. The minimum absolute atomic E-state index is 0.0477. The molecule has 4 fully saturated rings. The van der Waals surface area contributed by atoms with Crippen molar-refractivity contribution in [3.8, 4) is 0 Å². The highest BCUT2D eigenvalue weighted by atomic mass is 16.5. The van der Waals surface area contributed by atoms with Crippen molar-refractivity contribution in [2.24, 2.45) is 57.2 Å². The smallest absolute Gasteiger partial charge is 0.305 e. The molecule has 0 N–H and O–H groups in total. The van der Waals surface area contributed by atoms with E-state index in [9.17, 15) is 9.59 Å². The van der Waals surface area contributed by atoms with Gasteiger partial charge in [-0.1, -0.05) is 77.0 Å². The quantitative estimate of drug-likeness (QED) is 0.215. The molecule has 0 bridgehead atoms. The summed E-state index contributed by atoms with van der Waals surface area (Å²) in [5.74, 6) is 3.99. The zero-order chi connectivity index (χ0) is 37.6. The summed E-state index contributed by atoms with van der Waals surface area (Å²) in [6, 6.07) is 4.52. The molecule has 0 unspecified atom stereocenters. The van der Waals surface area contributed by atoms with E-state index in [4.69, 9.17) is 14.5 Å². The van der Waals surface area contributed by atoms with Crippen molar-refractivity contribution in [2.75, 3.05) is 0 Å². The van der Waals surface area contributed by atoms with Gasteiger partial charge in [0.2, 0.25) is 0 Å². The van der Waals surface area contributed by atoms with Crippen molar-refractivity contribution in [3.05, 3.63) is 70.6 Å². The minimum atomic E-state index is -0.0536. The molecule has 0 aliphatic heterocycles. The molecule has 1 aromatic heterocycles. The normalized spacial score (nSPS) is 43.6. The molecule has 0 radical (unpaired) electrons. The highest BCUT2D eigenvalue weighted by Crippen LogP contribution is 2.72. The second-order valence-corrected chi connectivity index (χ2v) is 20.0. The van der Waals surface area contributed by atoms with Crippen LogP contribution in [0.15, 0.2) is 65.0 Å². The Morgan fingerprint density at radius 2 is 1.22 bits per heavy atom. The maximum Gasteiger partial charge on any atom is 0.305 e. The maximum atomic E-state index is 12.2. The average Bonchev–Trinajstić information content (AvgIpc) is 3.68. The van der Waals surface area contributed by atoms with E-state index in [-0.39, 0.29) is 45.8 Å². The largest absolute Gasteiger partial charge is 0.462 e. The van der Waals surface area contributed by atoms with Gasteiger partial charge < -0.3 is 9.47 Å². The predicted molar refractivity (Wildman–Crippen MR) is 214 cm³/mol. The minimum Gasteiger partial charge on any atom is -0.462 e. The third-order valence-electron chi connectivity index (χ3n) is 17.8. The fourth-order valence-corrected chi connectivity index (χ4v) is 15.0. The molecular formula is C49H65NO4. The Morgan fingerprint density at radius 1 is 0.667 bits per heavy atom. The lowest BCUT2D eigenvalue weighted by atomic mass is 9.47. The molecule has 54 heavy (non-hydrogen) atoms. The van der Waals surface area contributed by atoms with Crippen LogP contribution in [-0.2, 0) is 19.1 Å². The number of hydrogen-bond donors (Lipinski definition) is 0. The summed E-state index contributed by atoms with van der Waals surface area (Å²) in [5, 5.41) is 0. The molecule has 1 aromatic rings. The number of carbonyl (C=O) groups excluding carboxylic acids is 2. The third kappa shape index (κ3) is 5.46. The monoisotopic (exact) mass is 731 g/mol. The van der Waals surface area contributed by atoms with E-state index in [1.807, 2.05) is 20.0 Å². The highest BCUT2D eigenvalue weighted by Gasteiger charge is 2.62. The molecular weight excluding hydrogens is 667 g/mol. The number of nitrogens with zero attached hydrogens (tertiary/aromatic N) is 1. The molecule has 5 nitrogen and oxygen atoms in total. The van der Waals surface area contributed by atoms with Crippen molar-refractivity contribution >= 4 is 17.5 Å². The first-order chi connectivity index (χ1) is 25.9. The Hall–Kier alpha value is -2.95. The zero-order valence-corrected chi connectivity index (χ0v) is 34.1. The summed E-state index contributed by atoms with van der Waals surface area (Å²) in [6.45, 7) is 14.2. The van der Waals surface area contributed by atoms with Gasteiger partial charge in [0.05, 0.1) is 0 Å². The Kier molecular flexibility index (Phi) is 9.05. The van der Waals surface area contributed by atoms with E-state index in [1.54, 1.807) is 27.9 Å². The van der Waals surface area contributed by atoms with Crippen molar-refractivity contribution in [1.82, 2.24) is 4.98 Å². The summed E-state index contributed by atoms with van der Waals surface area (Å²) in [5.41, 5.74) is 10.3. The van der Waals surface area contributed by atoms with Gasteiger partial charge in [-0.3, -0.25) is 14.6 Å². The van der Waals surface area contributed by atoms with Gasteiger partial charge >= 0.3 is 11.9 Å². The van der Waals surface area contributed by atoms with Crippen molar-refractivity contribution in [1.29, 1.82) is 0 Å². The lowest BCUT2D eigenvalue weighted by Crippen LogP contribution is -2.50. The lowest BCUT2D eigenvalue weighted by Gasteiger charge is -2.58. The Balaban J connectivity index is 1.01. The fraction of sp³-hybridized carbons (Fsp3) is 0.694. The maximum absolute atomic E-state index is 12.2. The number of allylic oxidation sites excluding steroid dienone is 6. The van der Waals surface area contributed by atoms with Gasteiger partial charge in [-0.15, -0.1) is 0 Å². The van der Waals surface area contributed by atoms with Gasteiger partial charge in [0, 0.05) is 38.1 Å². The number of hydrogen-bond acceptors (Lipinski definition) is 5. The van der Waals surface area contributed by atoms with Crippen LogP contribution in [0.3, 0.4) is 0 Å².